The molecule has 12 heteroatoms. The van der Waals surface area contributed by atoms with Crippen molar-refractivity contribution in [3.05, 3.63) is 23.5 Å². The van der Waals surface area contributed by atoms with Crippen molar-refractivity contribution in [2.45, 2.75) is 136 Å². The van der Waals surface area contributed by atoms with Crippen molar-refractivity contribution in [1.29, 1.82) is 0 Å². The van der Waals surface area contributed by atoms with Gasteiger partial charge in [0, 0.05) is 30.1 Å². The Labute approximate surface area is 281 Å². The van der Waals surface area contributed by atoms with Gasteiger partial charge in [-0.15, -0.1) is 0 Å². The molecule has 1 heterocycles. The van der Waals surface area contributed by atoms with Crippen LogP contribution in [-0.2, 0) is 23.9 Å². The minimum absolute atomic E-state index is 0.0396. The van der Waals surface area contributed by atoms with Crippen molar-refractivity contribution in [3.63, 3.8) is 0 Å². The van der Waals surface area contributed by atoms with E-state index >= 15 is 0 Å². The van der Waals surface area contributed by atoms with Gasteiger partial charge < -0.3 is 45.2 Å². The third kappa shape index (κ3) is 5.28. The highest BCUT2D eigenvalue weighted by atomic mass is 16.7. The van der Waals surface area contributed by atoms with Gasteiger partial charge in [-0.05, 0) is 76.7 Å². The van der Waals surface area contributed by atoms with E-state index in [1.54, 1.807) is 33.8 Å². The SMILES string of the molecule is CC(C)(O)CCC(=O)[C@](C)(O)[C@H]1[C@H](O)C[C@@]2(C)[C@@H]3CC=C4[C@@H](C=C(O[C@H]5O[C@@H](CO)[C@H](O)[C@@H](O)[C@@H]5O)C(=O)C4(C)C)[C@]3(C)C(=O)C[C@]12C. The van der Waals surface area contributed by atoms with Crippen molar-refractivity contribution < 1.29 is 59.6 Å². The molecule has 7 N–H and O–H groups in total. The van der Waals surface area contributed by atoms with Crippen LogP contribution in [0, 0.1) is 39.4 Å². The van der Waals surface area contributed by atoms with Crippen LogP contribution >= 0.6 is 0 Å². The first-order valence-corrected chi connectivity index (χ1v) is 17.0. The van der Waals surface area contributed by atoms with Gasteiger partial charge in [0.25, 0.3) is 0 Å². The fourth-order valence-electron chi connectivity index (χ4n) is 10.2. The number of allylic oxidation sites excluding steroid dienone is 4. The molecule has 270 valence electrons. The van der Waals surface area contributed by atoms with Crippen LogP contribution in [0.4, 0.5) is 0 Å². The lowest BCUT2D eigenvalue weighted by atomic mass is 9.39. The Morgan fingerprint density at radius 2 is 1.60 bits per heavy atom. The van der Waals surface area contributed by atoms with E-state index in [-0.39, 0.29) is 43.1 Å². The van der Waals surface area contributed by atoms with Crippen LogP contribution in [0.2, 0.25) is 0 Å². The van der Waals surface area contributed by atoms with Crippen LogP contribution < -0.4 is 0 Å². The normalized spacial score (nSPS) is 45.3. The molecular formula is C36H54O12. The van der Waals surface area contributed by atoms with Crippen molar-refractivity contribution in [1.82, 2.24) is 0 Å². The van der Waals surface area contributed by atoms with Crippen LogP contribution in [0.1, 0.15) is 87.5 Å². The highest BCUT2D eigenvalue weighted by molar-refractivity contribution is 6.02. The minimum Gasteiger partial charge on any atom is -0.459 e. The number of hydrogen-bond donors (Lipinski definition) is 7. The second-order valence-electron chi connectivity index (χ2n) is 17.1. The number of carbonyl (C=O) groups is 3. The number of carbonyl (C=O) groups excluding carboxylic acids is 3. The van der Waals surface area contributed by atoms with Crippen molar-refractivity contribution in [2.75, 3.05) is 6.61 Å². The number of ether oxygens (including phenoxy) is 2. The Balaban J connectivity index is 1.53. The Morgan fingerprint density at radius 3 is 2.19 bits per heavy atom. The molecule has 0 unspecified atom stereocenters. The Bertz CT molecular complexity index is 1410. The summed E-state index contributed by atoms with van der Waals surface area (Å²) in [6.45, 7) is 13.1. The zero-order valence-corrected chi connectivity index (χ0v) is 29.3. The molecule has 0 amide bonds. The fourth-order valence-corrected chi connectivity index (χ4v) is 10.2. The van der Waals surface area contributed by atoms with Crippen LogP contribution in [0.5, 0.6) is 0 Å². The molecule has 5 aliphatic rings. The highest BCUT2D eigenvalue weighted by Crippen LogP contribution is 2.74. The first-order valence-electron chi connectivity index (χ1n) is 17.0. The third-order valence-corrected chi connectivity index (χ3v) is 13.2. The number of ketones is 3. The summed E-state index contributed by atoms with van der Waals surface area (Å²) in [6, 6.07) is 0. The average Bonchev–Trinajstić information content (AvgIpc) is 3.19. The molecule has 4 aliphatic carbocycles. The van der Waals surface area contributed by atoms with Gasteiger partial charge >= 0.3 is 0 Å². The lowest BCUT2D eigenvalue weighted by Crippen LogP contribution is -2.64. The lowest BCUT2D eigenvalue weighted by Gasteiger charge is -2.63. The van der Waals surface area contributed by atoms with Gasteiger partial charge in [-0.2, -0.15) is 0 Å². The second kappa shape index (κ2) is 11.8. The molecule has 2 saturated carbocycles. The molecule has 48 heavy (non-hydrogen) atoms. The number of aliphatic hydroxyl groups excluding tert-OH is 5. The zero-order chi connectivity index (χ0) is 36.2. The Hall–Kier alpha value is -2.03. The molecule has 5 rings (SSSR count). The summed E-state index contributed by atoms with van der Waals surface area (Å²) >= 11 is 0. The quantitative estimate of drug-likeness (QED) is 0.180. The summed E-state index contributed by atoms with van der Waals surface area (Å²) in [6.07, 6.45) is -4.80. The molecule has 12 nitrogen and oxygen atoms in total. The van der Waals surface area contributed by atoms with Crippen molar-refractivity contribution >= 4 is 17.3 Å². The van der Waals surface area contributed by atoms with E-state index in [1.807, 2.05) is 26.8 Å². The molecule has 1 saturated heterocycles. The average molecular weight is 679 g/mol. The van der Waals surface area contributed by atoms with Crippen LogP contribution in [0.25, 0.3) is 0 Å². The van der Waals surface area contributed by atoms with Gasteiger partial charge in [-0.3, -0.25) is 14.4 Å². The summed E-state index contributed by atoms with van der Waals surface area (Å²) in [4.78, 5) is 42.0. The molecule has 0 bridgehead atoms. The maximum absolute atomic E-state index is 14.7. The molecule has 0 aromatic carbocycles. The molecule has 0 radical (unpaired) electrons. The molecule has 1 aliphatic heterocycles. The third-order valence-electron chi connectivity index (χ3n) is 13.2. The number of rotatable bonds is 8. The summed E-state index contributed by atoms with van der Waals surface area (Å²) < 4.78 is 11.5. The summed E-state index contributed by atoms with van der Waals surface area (Å²) in [5.41, 5.74) is -6.30. The first-order chi connectivity index (χ1) is 21.9. The van der Waals surface area contributed by atoms with Gasteiger partial charge in [0.2, 0.25) is 12.1 Å². The van der Waals surface area contributed by atoms with E-state index in [2.05, 4.69) is 0 Å². The lowest BCUT2D eigenvalue weighted by molar-refractivity contribution is -0.291. The Morgan fingerprint density at radius 1 is 0.979 bits per heavy atom. The Kier molecular flexibility index (Phi) is 9.12. The standard InChI is InChI=1S/C36H54O12/c1-31(2,45)12-11-23(39)36(8,46)28-19(38)14-33(5)22-10-9-17-18(35(22,7)24(40)15-34(28,33)6)13-20(29(44)32(17,3)4)47-30-27(43)26(42)25(41)21(16-37)48-30/h9,13,18-19,21-22,25-28,30,37-38,41-43,45-46H,10-12,14-16H2,1-8H3/t18-,19-,21+,22+,25+,26-,27+,28+,30+,33+,34-,35+,36+/m1/s1. The second-order valence-corrected chi connectivity index (χ2v) is 17.1. The minimum atomic E-state index is -1.97. The van der Waals surface area contributed by atoms with Crippen LogP contribution in [0.3, 0.4) is 0 Å². The maximum atomic E-state index is 14.7. The van der Waals surface area contributed by atoms with E-state index < -0.39 is 99.7 Å². The molecule has 0 spiro atoms. The fraction of sp³-hybridized carbons (Fsp3) is 0.806. The molecule has 3 fully saturated rings. The molecule has 0 aromatic heterocycles. The zero-order valence-electron chi connectivity index (χ0n) is 29.3. The van der Waals surface area contributed by atoms with Gasteiger partial charge in [-0.1, -0.05) is 32.4 Å². The summed E-state index contributed by atoms with van der Waals surface area (Å²) in [5, 5.41) is 74.5. The van der Waals surface area contributed by atoms with E-state index in [9.17, 15) is 50.1 Å². The molecular weight excluding hydrogens is 624 g/mol. The largest absolute Gasteiger partial charge is 0.459 e. The van der Waals surface area contributed by atoms with Gasteiger partial charge in [0.15, 0.2) is 11.5 Å². The number of aliphatic hydroxyl groups is 7. The first kappa shape index (κ1) is 37.2. The summed E-state index contributed by atoms with van der Waals surface area (Å²) in [7, 11) is 0. The topological polar surface area (TPSA) is 211 Å². The summed E-state index contributed by atoms with van der Waals surface area (Å²) in [5.74, 6) is -3.21. The van der Waals surface area contributed by atoms with E-state index in [0.29, 0.717) is 6.42 Å². The predicted octanol–water partition coefficient (Wildman–Crippen LogP) is 1.10. The van der Waals surface area contributed by atoms with Gasteiger partial charge in [0.1, 0.15) is 35.8 Å². The van der Waals surface area contributed by atoms with Crippen LogP contribution in [0.15, 0.2) is 23.5 Å². The van der Waals surface area contributed by atoms with Gasteiger partial charge in [0.05, 0.1) is 23.7 Å². The predicted molar refractivity (Wildman–Crippen MR) is 171 cm³/mol. The van der Waals surface area contributed by atoms with Crippen molar-refractivity contribution in [3.8, 4) is 0 Å². The highest BCUT2D eigenvalue weighted by Gasteiger charge is 2.74. The van der Waals surface area contributed by atoms with Crippen molar-refractivity contribution in [2.24, 2.45) is 39.4 Å². The molecule has 0 aromatic rings. The van der Waals surface area contributed by atoms with E-state index in [4.69, 9.17) is 9.47 Å². The molecule has 13 atom stereocenters. The maximum Gasteiger partial charge on any atom is 0.229 e. The van der Waals surface area contributed by atoms with E-state index in [0.717, 1.165) is 5.57 Å². The van der Waals surface area contributed by atoms with Crippen LogP contribution in [-0.4, -0.2) is 108 Å². The number of fused-ring (bicyclic) bond motifs is 5. The van der Waals surface area contributed by atoms with Gasteiger partial charge in [-0.25, -0.2) is 0 Å². The smallest absolute Gasteiger partial charge is 0.229 e. The number of hydrogen-bond acceptors (Lipinski definition) is 12. The monoisotopic (exact) mass is 678 g/mol. The number of Topliss-reactive ketones (excluding diaryl/α,β-unsaturated/α-hetero) is 3. The van der Waals surface area contributed by atoms with E-state index in [1.165, 1.54) is 6.92 Å².